The maximum absolute atomic E-state index is 11.5. The Hall–Kier alpha value is -1.69. The van der Waals surface area contributed by atoms with Gasteiger partial charge in [0.25, 0.3) is 5.91 Å². The van der Waals surface area contributed by atoms with E-state index in [-0.39, 0.29) is 11.1 Å². The molecule has 0 aromatic carbocycles. The fraction of sp³-hybridized carbons (Fsp3) is 0. The molecule has 0 atom stereocenters. The number of nitrogens with one attached hydrogen (secondary N) is 1. The van der Waals surface area contributed by atoms with Crippen molar-refractivity contribution in [2.24, 2.45) is 5.73 Å². The number of aromatic amines is 1. The van der Waals surface area contributed by atoms with E-state index >= 15 is 0 Å². The lowest BCUT2D eigenvalue weighted by Gasteiger charge is -1.92. The third-order valence-electron chi connectivity index (χ3n) is 1.64. The summed E-state index contributed by atoms with van der Waals surface area (Å²) in [5.74, 6) is -0.740. The largest absolute Gasteiger partial charge is 0.365 e. The van der Waals surface area contributed by atoms with Crippen LogP contribution in [0.4, 0.5) is 0 Å². The number of amides is 1. The zero-order valence-corrected chi connectivity index (χ0v) is 7.22. The van der Waals surface area contributed by atoms with E-state index in [4.69, 9.17) is 5.73 Å². The van der Waals surface area contributed by atoms with Crippen LogP contribution in [0.5, 0.6) is 0 Å². The Morgan fingerprint density at radius 2 is 2.38 bits per heavy atom. The fourth-order valence-electron chi connectivity index (χ4n) is 1.02. The highest BCUT2D eigenvalue weighted by atomic mass is 32.1. The number of carbonyl (C=O) groups is 1. The van der Waals surface area contributed by atoms with Crippen molar-refractivity contribution in [1.29, 1.82) is 0 Å². The Kier molecular flexibility index (Phi) is 1.63. The summed E-state index contributed by atoms with van der Waals surface area (Å²) in [6.45, 7) is 0. The molecule has 2 rings (SSSR count). The van der Waals surface area contributed by atoms with Gasteiger partial charge in [-0.05, 0) is 0 Å². The Morgan fingerprint density at radius 3 is 3.08 bits per heavy atom. The van der Waals surface area contributed by atoms with E-state index in [1.165, 1.54) is 23.0 Å². The number of thiazole rings is 1. The molecule has 0 saturated carbocycles. The number of nitrogens with zero attached hydrogens (tertiary/aromatic N) is 1. The van der Waals surface area contributed by atoms with Gasteiger partial charge >= 0.3 is 0 Å². The van der Waals surface area contributed by atoms with Crippen LogP contribution in [-0.4, -0.2) is 15.9 Å². The maximum Gasteiger partial charge on any atom is 0.254 e. The zero-order chi connectivity index (χ0) is 9.42. The molecule has 0 spiro atoms. The van der Waals surface area contributed by atoms with Crippen LogP contribution >= 0.6 is 11.3 Å². The van der Waals surface area contributed by atoms with Crippen LogP contribution in [0.3, 0.4) is 0 Å². The maximum atomic E-state index is 11.5. The number of aromatic nitrogens is 2. The number of hydrogen-bond donors (Lipinski definition) is 2. The summed E-state index contributed by atoms with van der Waals surface area (Å²) in [4.78, 5) is 29.5. The predicted molar refractivity (Wildman–Crippen MR) is 48.8 cm³/mol. The van der Waals surface area contributed by atoms with Gasteiger partial charge in [0.05, 0.1) is 5.51 Å². The molecular weight excluding hydrogens is 190 g/mol. The molecule has 3 N–H and O–H groups in total. The van der Waals surface area contributed by atoms with Crippen LogP contribution in [0.1, 0.15) is 10.4 Å². The van der Waals surface area contributed by atoms with E-state index in [1.54, 1.807) is 0 Å². The van der Waals surface area contributed by atoms with Gasteiger partial charge in [-0.2, -0.15) is 0 Å². The Morgan fingerprint density at radius 1 is 1.62 bits per heavy atom. The van der Waals surface area contributed by atoms with Crippen molar-refractivity contribution in [2.45, 2.75) is 0 Å². The highest BCUT2D eigenvalue weighted by Gasteiger charge is 2.10. The summed E-state index contributed by atoms with van der Waals surface area (Å²) >= 11 is 1.30. The van der Waals surface area contributed by atoms with E-state index in [0.717, 1.165) is 0 Å². The molecular formula is C7H5N3O2S. The molecule has 6 heteroatoms. The van der Waals surface area contributed by atoms with Crippen LogP contribution in [-0.2, 0) is 0 Å². The number of hydrogen-bond acceptors (Lipinski definition) is 4. The number of primary amides is 1. The summed E-state index contributed by atoms with van der Waals surface area (Å²) in [5, 5.41) is 0. The average molecular weight is 195 g/mol. The number of fused-ring (bicyclic) bond motifs is 1. The Labute approximate surface area is 76.2 Å². The van der Waals surface area contributed by atoms with Gasteiger partial charge < -0.3 is 10.7 Å². The minimum Gasteiger partial charge on any atom is -0.365 e. The molecule has 0 aliphatic rings. The van der Waals surface area contributed by atoms with Crippen LogP contribution in [0.15, 0.2) is 16.5 Å². The second-order valence-corrected chi connectivity index (χ2v) is 3.28. The van der Waals surface area contributed by atoms with Crippen LogP contribution in [0, 0.1) is 0 Å². The van der Waals surface area contributed by atoms with Gasteiger partial charge in [-0.3, -0.25) is 9.59 Å². The third kappa shape index (κ3) is 1.11. The summed E-state index contributed by atoms with van der Waals surface area (Å²) in [6, 6.07) is 0. The van der Waals surface area contributed by atoms with Crippen LogP contribution < -0.4 is 11.2 Å². The van der Waals surface area contributed by atoms with E-state index < -0.39 is 11.3 Å². The van der Waals surface area contributed by atoms with Gasteiger partial charge in [-0.1, -0.05) is 0 Å². The summed E-state index contributed by atoms with van der Waals surface area (Å²) in [6.07, 6.45) is 1.31. The molecule has 0 radical (unpaired) electrons. The average Bonchev–Trinajstić information content (AvgIpc) is 2.52. The minimum atomic E-state index is -0.740. The standard InChI is InChI=1S/C7H5N3O2S/c8-6(12)3-1-9-7-4(5(3)11)10-2-13-7/h1-2H,(H2,8,12)(H,9,11). The second kappa shape index (κ2) is 2.67. The first kappa shape index (κ1) is 7.93. The lowest BCUT2D eigenvalue weighted by molar-refractivity contribution is 0.0999. The van der Waals surface area contributed by atoms with Gasteiger partial charge in [0.2, 0.25) is 5.43 Å². The molecule has 0 bridgehead atoms. The van der Waals surface area contributed by atoms with Gasteiger partial charge in [0.15, 0.2) is 0 Å². The van der Waals surface area contributed by atoms with Gasteiger partial charge in [-0.25, -0.2) is 4.98 Å². The first-order valence-electron chi connectivity index (χ1n) is 3.45. The van der Waals surface area contributed by atoms with Crippen molar-refractivity contribution in [1.82, 2.24) is 9.97 Å². The molecule has 66 valence electrons. The van der Waals surface area contributed by atoms with Crippen molar-refractivity contribution < 1.29 is 4.79 Å². The first-order valence-corrected chi connectivity index (χ1v) is 4.33. The molecule has 0 aliphatic heterocycles. The van der Waals surface area contributed by atoms with Crippen LogP contribution in [0.25, 0.3) is 10.3 Å². The summed E-state index contributed by atoms with van der Waals surface area (Å²) in [7, 11) is 0. The number of nitrogens with two attached hydrogens (primary N) is 1. The van der Waals surface area contributed by atoms with Crippen molar-refractivity contribution >= 4 is 27.6 Å². The number of pyridine rings is 1. The normalized spacial score (nSPS) is 10.5. The van der Waals surface area contributed by atoms with Crippen molar-refractivity contribution in [2.75, 3.05) is 0 Å². The van der Waals surface area contributed by atoms with E-state index in [2.05, 4.69) is 9.97 Å². The quantitative estimate of drug-likeness (QED) is 0.675. The molecule has 0 fully saturated rings. The zero-order valence-electron chi connectivity index (χ0n) is 6.40. The first-order chi connectivity index (χ1) is 6.20. The Bertz CT molecular complexity index is 528. The van der Waals surface area contributed by atoms with E-state index in [0.29, 0.717) is 4.83 Å². The SMILES string of the molecule is NC(=O)c1c[nH]c2scnc2c1=O. The third-order valence-corrected chi connectivity index (χ3v) is 2.40. The molecule has 1 amide bonds. The van der Waals surface area contributed by atoms with Gasteiger partial charge in [0, 0.05) is 6.20 Å². The fourth-order valence-corrected chi connectivity index (χ4v) is 1.67. The molecule has 0 saturated heterocycles. The summed E-state index contributed by atoms with van der Waals surface area (Å²) < 4.78 is 0. The second-order valence-electron chi connectivity index (χ2n) is 2.43. The number of rotatable bonds is 1. The topological polar surface area (TPSA) is 88.8 Å². The van der Waals surface area contributed by atoms with E-state index in [1.807, 2.05) is 0 Å². The molecule has 0 aliphatic carbocycles. The highest BCUT2D eigenvalue weighted by Crippen LogP contribution is 2.10. The highest BCUT2D eigenvalue weighted by molar-refractivity contribution is 7.16. The smallest absolute Gasteiger partial charge is 0.254 e. The summed E-state index contributed by atoms with van der Waals surface area (Å²) in [5.41, 5.74) is 6.32. The lowest BCUT2D eigenvalue weighted by Crippen LogP contribution is -2.21. The minimum absolute atomic E-state index is 0.0570. The molecule has 2 aromatic heterocycles. The molecule has 2 aromatic rings. The Balaban J connectivity index is 2.89. The number of carbonyl (C=O) groups excluding carboxylic acids is 1. The molecule has 5 nitrogen and oxygen atoms in total. The molecule has 0 unspecified atom stereocenters. The van der Waals surface area contributed by atoms with Gasteiger partial charge in [-0.15, -0.1) is 11.3 Å². The van der Waals surface area contributed by atoms with E-state index in [9.17, 15) is 9.59 Å². The monoisotopic (exact) mass is 195 g/mol. The molecule has 13 heavy (non-hydrogen) atoms. The predicted octanol–water partition coefficient (Wildman–Crippen LogP) is 0.0835. The van der Waals surface area contributed by atoms with Crippen molar-refractivity contribution in [3.8, 4) is 0 Å². The lowest BCUT2D eigenvalue weighted by atomic mass is 10.2. The van der Waals surface area contributed by atoms with Gasteiger partial charge in [0.1, 0.15) is 15.9 Å². The molecule has 2 heterocycles. The van der Waals surface area contributed by atoms with Crippen molar-refractivity contribution in [3.05, 3.63) is 27.5 Å². The van der Waals surface area contributed by atoms with Crippen LogP contribution in [0.2, 0.25) is 0 Å². The number of H-pyrrole nitrogens is 1. The van der Waals surface area contributed by atoms with Crippen molar-refractivity contribution in [3.63, 3.8) is 0 Å².